The highest BCUT2D eigenvalue weighted by Gasteiger charge is 2.03. The molecule has 4 heteroatoms. The molecule has 0 unspecified atom stereocenters. The number of hydrogen-bond donors (Lipinski definition) is 1. The average molecular weight is 227 g/mol. The molecule has 0 amide bonds. The molecule has 3 nitrogen and oxygen atoms in total. The van der Waals surface area contributed by atoms with Gasteiger partial charge in [-0.05, 0) is 31.7 Å². The Balaban J connectivity index is 2.04. The van der Waals surface area contributed by atoms with Crippen molar-refractivity contribution in [1.29, 1.82) is 0 Å². The fourth-order valence-electron chi connectivity index (χ4n) is 1.16. The standard InChI is InChI=1S/C11H17NO2S/c1-9(2)14-11(13)8-12-6-5-10-4-3-7-15-10/h3-4,7,9,12H,5-6,8H2,1-2H3. The van der Waals surface area contributed by atoms with Crippen LogP contribution in [0.1, 0.15) is 18.7 Å². The SMILES string of the molecule is CC(C)OC(=O)CNCCc1cccs1. The van der Waals surface area contributed by atoms with Crippen molar-refractivity contribution in [1.82, 2.24) is 5.32 Å². The number of carbonyl (C=O) groups excluding carboxylic acids is 1. The van der Waals surface area contributed by atoms with Gasteiger partial charge in [-0.25, -0.2) is 0 Å². The number of carbonyl (C=O) groups is 1. The largest absolute Gasteiger partial charge is 0.462 e. The van der Waals surface area contributed by atoms with E-state index in [0.717, 1.165) is 13.0 Å². The number of ether oxygens (including phenoxy) is 1. The highest BCUT2D eigenvalue weighted by Crippen LogP contribution is 2.07. The molecular formula is C11H17NO2S. The van der Waals surface area contributed by atoms with Crippen LogP contribution in [0.5, 0.6) is 0 Å². The number of nitrogens with one attached hydrogen (secondary N) is 1. The maximum atomic E-state index is 11.1. The Morgan fingerprint density at radius 3 is 3.00 bits per heavy atom. The quantitative estimate of drug-likeness (QED) is 0.595. The summed E-state index contributed by atoms with van der Waals surface area (Å²) in [4.78, 5) is 12.5. The van der Waals surface area contributed by atoms with E-state index in [9.17, 15) is 4.79 Å². The zero-order valence-corrected chi connectivity index (χ0v) is 9.97. The molecular weight excluding hydrogens is 210 g/mol. The summed E-state index contributed by atoms with van der Waals surface area (Å²) in [6.07, 6.45) is 0.934. The third-order valence-corrected chi connectivity index (χ3v) is 2.70. The zero-order valence-electron chi connectivity index (χ0n) is 9.16. The summed E-state index contributed by atoms with van der Waals surface area (Å²) in [5, 5.41) is 5.12. The van der Waals surface area contributed by atoms with Gasteiger partial charge in [-0.1, -0.05) is 6.07 Å². The fraction of sp³-hybridized carbons (Fsp3) is 0.545. The van der Waals surface area contributed by atoms with E-state index in [0.29, 0.717) is 6.54 Å². The lowest BCUT2D eigenvalue weighted by molar-refractivity contribution is -0.146. The molecule has 1 heterocycles. The summed E-state index contributed by atoms with van der Waals surface area (Å²) in [7, 11) is 0. The number of thiophene rings is 1. The molecule has 0 aromatic carbocycles. The van der Waals surface area contributed by atoms with Gasteiger partial charge in [0.25, 0.3) is 0 Å². The third kappa shape index (κ3) is 5.54. The van der Waals surface area contributed by atoms with Crippen molar-refractivity contribution < 1.29 is 9.53 Å². The average Bonchev–Trinajstić information content (AvgIpc) is 2.63. The molecule has 0 fully saturated rings. The number of esters is 1. The summed E-state index contributed by atoms with van der Waals surface area (Å²) < 4.78 is 4.99. The van der Waals surface area contributed by atoms with Gasteiger partial charge in [0.05, 0.1) is 12.6 Å². The van der Waals surface area contributed by atoms with Gasteiger partial charge >= 0.3 is 5.97 Å². The Hall–Kier alpha value is -0.870. The van der Waals surface area contributed by atoms with E-state index in [4.69, 9.17) is 4.74 Å². The molecule has 0 bridgehead atoms. The second-order valence-corrected chi connectivity index (χ2v) is 4.58. The lowest BCUT2D eigenvalue weighted by Crippen LogP contribution is -2.28. The lowest BCUT2D eigenvalue weighted by Gasteiger charge is -2.08. The molecule has 1 N–H and O–H groups in total. The van der Waals surface area contributed by atoms with Crippen molar-refractivity contribution in [3.05, 3.63) is 22.4 Å². The first-order valence-corrected chi connectivity index (χ1v) is 5.99. The van der Waals surface area contributed by atoms with Crippen LogP contribution in [0.4, 0.5) is 0 Å². The highest BCUT2D eigenvalue weighted by atomic mass is 32.1. The van der Waals surface area contributed by atoms with Gasteiger partial charge in [-0.15, -0.1) is 11.3 Å². The van der Waals surface area contributed by atoms with Crippen LogP contribution in [0, 0.1) is 0 Å². The second kappa shape index (κ2) is 6.58. The van der Waals surface area contributed by atoms with Gasteiger partial charge in [-0.3, -0.25) is 4.79 Å². The van der Waals surface area contributed by atoms with Crippen LogP contribution in [-0.4, -0.2) is 25.2 Å². The molecule has 1 aromatic heterocycles. The van der Waals surface area contributed by atoms with Crippen LogP contribution in [0.3, 0.4) is 0 Å². The molecule has 0 radical (unpaired) electrons. The summed E-state index contributed by atoms with van der Waals surface area (Å²) in [5.41, 5.74) is 0. The van der Waals surface area contributed by atoms with E-state index in [1.54, 1.807) is 11.3 Å². The first-order valence-electron chi connectivity index (χ1n) is 5.11. The lowest BCUT2D eigenvalue weighted by atomic mass is 10.3. The predicted octanol–water partition coefficient (Wildman–Crippen LogP) is 1.83. The van der Waals surface area contributed by atoms with Crippen LogP contribution in [-0.2, 0) is 16.0 Å². The minimum atomic E-state index is -0.184. The van der Waals surface area contributed by atoms with Crippen molar-refractivity contribution >= 4 is 17.3 Å². The first-order chi connectivity index (χ1) is 7.18. The van der Waals surface area contributed by atoms with E-state index >= 15 is 0 Å². The molecule has 0 aliphatic heterocycles. The van der Waals surface area contributed by atoms with Gasteiger partial charge in [0.1, 0.15) is 0 Å². The van der Waals surface area contributed by atoms with E-state index in [-0.39, 0.29) is 12.1 Å². The van der Waals surface area contributed by atoms with Gasteiger partial charge in [0.15, 0.2) is 0 Å². The first kappa shape index (κ1) is 12.2. The highest BCUT2D eigenvalue weighted by molar-refractivity contribution is 7.09. The molecule has 1 rings (SSSR count). The zero-order chi connectivity index (χ0) is 11.1. The summed E-state index contributed by atoms with van der Waals surface area (Å²) >= 11 is 1.74. The molecule has 0 saturated heterocycles. The van der Waals surface area contributed by atoms with E-state index < -0.39 is 0 Å². The van der Waals surface area contributed by atoms with Crippen LogP contribution in [0.15, 0.2) is 17.5 Å². The molecule has 0 saturated carbocycles. The fourth-order valence-corrected chi connectivity index (χ4v) is 1.87. The second-order valence-electron chi connectivity index (χ2n) is 3.54. The van der Waals surface area contributed by atoms with Crippen LogP contribution < -0.4 is 5.32 Å². The minimum Gasteiger partial charge on any atom is -0.462 e. The number of hydrogen-bond acceptors (Lipinski definition) is 4. The predicted molar refractivity (Wildman–Crippen MR) is 62.1 cm³/mol. The van der Waals surface area contributed by atoms with E-state index in [1.165, 1.54) is 4.88 Å². The summed E-state index contributed by atoms with van der Waals surface area (Å²) in [6, 6.07) is 4.13. The van der Waals surface area contributed by atoms with Crippen molar-refractivity contribution in [2.75, 3.05) is 13.1 Å². The third-order valence-electron chi connectivity index (χ3n) is 1.76. The Bertz CT molecular complexity index is 283. The Morgan fingerprint density at radius 2 is 2.40 bits per heavy atom. The maximum Gasteiger partial charge on any atom is 0.320 e. The van der Waals surface area contributed by atoms with Crippen LogP contribution >= 0.6 is 11.3 Å². The molecule has 0 aliphatic carbocycles. The normalized spacial score (nSPS) is 10.6. The van der Waals surface area contributed by atoms with Gasteiger partial charge < -0.3 is 10.1 Å². The van der Waals surface area contributed by atoms with Gasteiger partial charge in [0.2, 0.25) is 0 Å². The Kier molecular flexibility index (Phi) is 5.36. The van der Waals surface area contributed by atoms with Crippen LogP contribution in [0.2, 0.25) is 0 Å². The van der Waals surface area contributed by atoms with E-state index in [1.807, 2.05) is 19.9 Å². The minimum absolute atomic E-state index is 0.0309. The molecule has 15 heavy (non-hydrogen) atoms. The van der Waals surface area contributed by atoms with Crippen molar-refractivity contribution in [2.24, 2.45) is 0 Å². The van der Waals surface area contributed by atoms with Crippen molar-refractivity contribution in [3.8, 4) is 0 Å². The van der Waals surface area contributed by atoms with Crippen molar-refractivity contribution in [3.63, 3.8) is 0 Å². The maximum absolute atomic E-state index is 11.1. The van der Waals surface area contributed by atoms with Gasteiger partial charge in [0, 0.05) is 11.4 Å². The molecule has 84 valence electrons. The molecule has 0 atom stereocenters. The molecule has 0 spiro atoms. The Labute approximate surface area is 94.5 Å². The monoisotopic (exact) mass is 227 g/mol. The topological polar surface area (TPSA) is 38.3 Å². The summed E-state index contributed by atoms with van der Waals surface area (Å²) in [5.74, 6) is -0.184. The molecule has 1 aromatic rings. The Morgan fingerprint density at radius 1 is 1.60 bits per heavy atom. The number of rotatable bonds is 6. The summed E-state index contributed by atoms with van der Waals surface area (Å²) in [6.45, 7) is 4.81. The smallest absolute Gasteiger partial charge is 0.320 e. The van der Waals surface area contributed by atoms with Crippen molar-refractivity contribution in [2.45, 2.75) is 26.4 Å². The van der Waals surface area contributed by atoms with E-state index in [2.05, 4.69) is 16.8 Å². The van der Waals surface area contributed by atoms with Crippen LogP contribution in [0.25, 0.3) is 0 Å². The van der Waals surface area contributed by atoms with Gasteiger partial charge in [-0.2, -0.15) is 0 Å². The molecule has 0 aliphatic rings.